The molecule has 2 rings (SSSR count). The van der Waals surface area contributed by atoms with Crippen molar-refractivity contribution in [3.05, 3.63) is 0 Å². The maximum Gasteiger partial charge on any atom is 0.318 e. The summed E-state index contributed by atoms with van der Waals surface area (Å²) in [7, 11) is 0. The molecule has 0 saturated carbocycles. The van der Waals surface area contributed by atoms with Crippen molar-refractivity contribution < 1.29 is 9.53 Å². The van der Waals surface area contributed by atoms with Crippen LogP contribution in [0.15, 0.2) is 0 Å². The summed E-state index contributed by atoms with van der Waals surface area (Å²) in [5, 5.41) is 2.86. The quantitative estimate of drug-likeness (QED) is 0.734. The second-order valence-electron chi connectivity index (χ2n) is 4.16. The van der Waals surface area contributed by atoms with Crippen LogP contribution in [0.5, 0.6) is 0 Å². The van der Waals surface area contributed by atoms with E-state index in [2.05, 4.69) is 12.2 Å². The molecule has 80 valence electrons. The Morgan fingerprint density at radius 3 is 3.00 bits per heavy atom. The van der Waals surface area contributed by atoms with E-state index in [1.807, 2.05) is 4.90 Å². The minimum atomic E-state index is -0.00463. The van der Waals surface area contributed by atoms with E-state index in [-0.39, 0.29) is 11.6 Å². The molecule has 2 heterocycles. The summed E-state index contributed by atoms with van der Waals surface area (Å²) in [5.74, 6) is 0. The molecule has 2 aliphatic rings. The fourth-order valence-electron chi connectivity index (χ4n) is 2.53. The van der Waals surface area contributed by atoms with E-state index in [0.29, 0.717) is 6.61 Å². The van der Waals surface area contributed by atoms with Crippen molar-refractivity contribution in [3.63, 3.8) is 0 Å². The Balaban J connectivity index is 2.12. The second-order valence-corrected chi connectivity index (χ2v) is 4.16. The number of carbonyl (C=O) groups excluding carboxylic acids is 1. The Bertz CT molecular complexity index is 224. The molecular weight excluding hydrogens is 180 g/mol. The van der Waals surface area contributed by atoms with Gasteiger partial charge in [-0.3, -0.25) is 0 Å². The van der Waals surface area contributed by atoms with Crippen LogP contribution in [0.2, 0.25) is 0 Å². The molecule has 0 spiro atoms. The van der Waals surface area contributed by atoms with E-state index in [0.717, 1.165) is 39.0 Å². The predicted molar refractivity (Wildman–Crippen MR) is 53.2 cm³/mol. The fourth-order valence-corrected chi connectivity index (χ4v) is 2.53. The van der Waals surface area contributed by atoms with Gasteiger partial charge in [0.15, 0.2) is 0 Å². The maximum absolute atomic E-state index is 11.6. The van der Waals surface area contributed by atoms with Gasteiger partial charge in [0.25, 0.3) is 0 Å². The average Bonchev–Trinajstić information content (AvgIpc) is 2.75. The zero-order chi connectivity index (χ0) is 10.0. The lowest BCUT2D eigenvalue weighted by atomic mass is 9.91. The van der Waals surface area contributed by atoms with Gasteiger partial charge in [-0.05, 0) is 12.8 Å². The van der Waals surface area contributed by atoms with E-state index in [1.165, 1.54) is 0 Å². The minimum Gasteiger partial charge on any atom is -0.379 e. The van der Waals surface area contributed by atoms with Gasteiger partial charge in [0.05, 0.1) is 12.1 Å². The van der Waals surface area contributed by atoms with Gasteiger partial charge in [0.2, 0.25) is 0 Å². The Hall–Kier alpha value is -0.770. The van der Waals surface area contributed by atoms with E-state index in [9.17, 15) is 4.79 Å². The number of rotatable bonds is 3. The van der Waals surface area contributed by atoms with Crippen LogP contribution < -0.4 is 5.32 Å². The average molecular weight is 198 g/mol. The molecule has 2 aliphatic heterocycles. The van der Waals surface area contributed by atoms with Crippen LogP contribution in [0.25, 0.3) is 0 Å². The Morgan fingerprint density at radius 1 is 1.64 bits per heavy atom. The molecule has 0 aromatic carbocycles. The van der Waals surface area contributed by atoms with E-state index < -0.39 is 0 Å². The lowest BCUT2D eigenvalue weighted by molar-refractivity contribution is 0.0966. The molecule has 4 heteroatoms. The number of nitrogens with zero attached hydrogens (tertiary/aromatic N) is 1. The van der Waals surface area contributed by atoms with Crippen LogP contribution in [0.4, 0.5) is 4.79 Å². The Labute approximate surface area is 84.6 Å². The molecule has 0 radical (unpaired) electrons. The summed E-state index contributed by atoms with van der Waals surface area (Å²) in [6, 6.07) is 0.0870. The highest BCUT2D eigenvalue weighted by Crippen LogP contribution is 2.31. The van der Waals surface area contributed by atoms with Gasteiger partial charge in [0.1, 0.15) is 0 Å². The SMILES string of the molecule is CCCC1(N2CCNC2=O)CCOC1. The van der Waals surface area contributed by atoms with E-state index in [1.54, 1.807) is 0 Å². The summed E-state index contributed by atoms with van der Waals surface area (Å²) in [5.41, 5.74) is -0.00463. The standard InChI is InChI=1S/C10H18N2O2/c1-2-3-10(4-7-14-8-10)12-6-5-11-9(12)13/h2-8H2,1H3,(H,11,13). The Kier molecular flexibility index (Phi) is 2.63. The molecule has 4 nitrogen and oxygen atoms in total. The van der Waals surface area contributed by atoms with E-state index in [4.69, 9.17) is 4.74 Å². The molecular formula is C10H18N2O2. The maximum atomic E-state index is 11.6. The topological polar surface area (TPSA) is 41.6 Å². The zero-order valence-electron chi connectivity index (χ0n) is 8.71. The number of hydrogen-bond donors (Lipinski definition) is 1. The van der Waals surface area contributed by atoms with Crippen molar-refractivity contribution in [2.75, 3.05) is 26.3 Å². The van der Waals surface area contributed by atoms with Crippen LogP contribution in [0, 0.1) is 0 Å². The van der Waals surface area contributed by atoms with Gasteiger partial charge < -0.3 is 15.0 Å². The van der Waals surface area contributed by atoms with Crippen LogP contribution in [-0.2, 0) is 4.74 Å². The predicted octanol–water partition coefficient (Wildman–Crippen LogP) is 0.971. The van der Waals surface area contributed by atoms with Crippen LogP contribution in [0.1, 0.15) is 26.2 Å². The largest absolute Gasteiger partial charge is 0.379 e. The van der Waals surface area contributed by atoms with Crippen molar-refractivity contribution >= 4 is 6.03 Å². The summed E-state index contributed by atoms with van der Waals surface area (Å²) < 4.78 is 5.45. The Morgan fingerprint density at radius 2 is 2.50 bits per heavy atom. The molecule has 2 saturated heterocycles. The van der Waals surface area contributed by atoms with Crippen molar-refractivity contribution in [2.45, 2.75) is 31.7 Å². The van der Waals surface area contributed by atoms with E-state index >= 15 is 0 Å². The number of ether oxygens (including phenoxy) is 1. The zero-order valence-corrected chi connectivity index (χ0v) is 8.71. The summed E-state index contributed by atoms with van der Waals surface area (Å²) >= 11 is 0. The molecule has 2 amide bonds. The molecule has 0 aromatic rings. The molecule has 14 heavy (non-hydrogen) atoms. The highest BCUT2D eigenvalue weighted by molar-refractivity contribution is 5.77. The highest BCUT2D eigenvalue weighted by atomic mass is 16.5. The van der Waals surface area contributed by atoms with Gasteiger partial charge in [-0.15, -0.1) is 0 Å². The van der Waals surface area contributed by atoms with Gasteiger partial charge in [-0.2, -0.15) is 0 Å². The van der Waals surface area contributed by atoms with Gasteiger partial charge in [-0.25, -0.2) is 4.79 Å². The summed E-state index contributed by atoms with van der Waals surface area (Å²) in [6.07, 6.45) is 3.15. The lowest BCUT2D eigenvalue weighted by Crippen LogP contribution is -2.50. The van der Waals surface area contributed by atoms with Gasteiger partial charge in [-0.1, -0.05) is 13.3 Å². The first-order valence-corrected chi connectivity index (χ1v) is 5.42. The molecule has 1 N–H and O–H groups in total. The third-order valence-electron chi connectivity index (χ3n) is 3.23. The highest BCUT2D eigenvalue weighted by Gasteiger charge is 2.43. The van der Waals surface area contributed by atoms with Crippen molar-refractivity contribution in [3.8, 4) is 0 Å². The van der Waals surface area contributed by atoms with Crippen LogP contribution in [-0.4, -0.2) is 42.8 Å². The molecule has 2 fully saturated rings. The molecule has 0 aliphatic carbocycles. The number of nitrogens with one attached hydrogen (secondary N) is 1. The summed E-state index contributed by atoms with van der Waals surface area (Å²) in [4.78, 5) is 13.6. The molecule has 0 bridgehead atoms. The third-order valence-corrected chi connectivity index (χ3v) is 3.23. The molecule has 0 aromatic heterocycles. The first-order chi connectivity index (χ1) is 6.78. The number of urea groups is 1. The van der Waals surface area contributed by atoms with Crippen molar-refractivity contribution in [1.82, 2.24) is 10.2 Å². The third kappa shape index (κ3) is 1.47. The number of hydrogen-bond acceptors (Lipinski definition) is 2. The number of amides is 2. The second kappa shape index (κ2) is 3.77. The first kappa shape index (κ1) is 9.77. The fraction of sp³-hybridized carbons (Fsp3) is 0.900. The van der Waals surface area contributed by atoms with Crippen molar-refractivity contribution in [1.29, 1.82) is 0 Å². The van der Waals surface area contributed by atoms with Gasteiger partial charge in [0, 0.05) is 19.7 Å². The lowest BCUT2D eigenvalue weighted by Gasteiger charge is -2.36. The normalized spacial score (nSPS) is 32.4. The molecule has 1 atom stereocenters. The van der Waals surface area contributed by atoms with Crippen LogP contribution >= 0.6 is 0 Å². The van der Waals surface area contributed by atoms with Gasteiger partial charge >= 0.3 is 6.03 Å². The number of carbonyl (C=O) groups is 1. The first-order valence-electron chi connectivity index (χ1n) is 5.42. The summed E-state index contributed by atoms with van der Waals surface area (Å²) in [6.45, 7) is 5.29. The van der Waals surface area contributed by atoms with Crippen molar-refractivity contribution in [2.24, 2.45) is 0 Å². The monoisotopic (exact) mass is 198 g/mol. The smallest absolute Gasteiger partial charge is 0.318 e. The van der Waals surface area contributed by atoms with Crippen LogP contribution in [0.3, 0.4) is 0 Å². The molecule has 1 unspecified atom stereocenters. The minimum absolute atomic E-state index is 0.00463.